The van der Waals surface area contributed by atoms with Crippen LogP contribution in [0.1, 0.15) is 11.1 Å². The molecular formula is C17H21NO7. The van der Waals surface area contributed by atoms with Gasteiger partial charge in [-0.15, -0.1) is 0 Å². The SMILES string of the molecule is COc1cc(OC)c2c(C)c(CC(=O)NCC(O)CO)c(=O)oc2c1. The molecule has 1 aromatic heterocycles. The van der Waals surface area contributed by atoms with Gasteiger partial charge in [0.25, 0.3) is 0 Å². The summed E-state index contributed by atoms with van der Waals surface area (Å²) in [4.78, 5) is 24.3. The van der Waals surface area contributed by atoms with Gasteiger partial charge >= 0.3 is 5.63 Å². The van der Waals surface area contributed by atoms with Crippen molar-refractivity contribution in [1.82, 2.24) is 5.32 Å². The van der Waals surface area contributed by atoms with Crippen LogP contribution >= 0.6 is 0 Å². The zero-order valence-electron chi connectivity index (χ0n) is 14.3. The summed E-state index contributed by atoms with van der Waals surface area (Å²) in [6, 6.07) is 3.24. The number of hydrogen-bond donors (Lipinski definition) is 3. The molecule has 0 aliphatic heterocycles. The maximum Gasteiger partial charge on any atom is 0.340 e. The van der Waals surface area contributed by atoms with Crippen molar-refractivity contribution in [2.45, 2.75) is 19.4 Å². The van der Waals surface area contributed by atoms with Crippen LogP contribution in [0.25, 0.3) is 11.0 Å². The number of fused-ring (bicyclic) bond motifs is 1. The third-order valence-corrected chi connectivity index (χ3v) is 3.85. The Bertz CT molecular complexity index is 828. The molecule has 1 atom stereocenters. The van der Waals surface area contributed by atoms with Gasteiger partial charge in [-0.2, -0.15) is 0 Å². The Labute approximate surface area is 144 Å². The number of rotatable bonds is 7. The molecular weight excluding hydrogens is 330 g/mol. The highest BCUT2D eigenvalue weighted by Gasteiger charge is 2.19. The lowest BCUT2D eigenvalue weighted by Gasteiger charge is -2.13. The van der Waals surface area contributed by atoms with E-state index in [0.717, 1.165) is 0 Å². The third kappa shape index (κ3) is 4.09. The number of methoxy groups -OCH3 is 2. The molecule has 0 spiro atoms. The highest BCUT2D eigenvalue weighted by Crippen LogP contribution is 2.33. The molecule has 1 heterocycles. The van der Waals surface area contributed by atoms with Crippen molar-refractivity contribution < 1.29 is 28.9 Å². The van der Waals surface area contributed by atoms with Gasteiger partial charge in [-0.25, -0.2) is 4.79 Å². The molecule has 0 aliphatic carbocycles. The van der Waals surface area contributed by atoms with E-state index in [2.05, 4.69) is 5.32 Å². The van der Waals surface area contributed by atoms with Crippen molar-refractivity contribution in [2.24, 2.45) is 0 Å². The van der Waals surface area contributed by atoms with E-state index < -0.39 is 24.2 Å². The zero-order valence-corrected chi connectivity index (χ0v) is 14.3. The van der Waals surface area contributed by atoms with Crippen LogP contribution in [0.3, 0.4) is 0 Å². The van der Waals surface area contributed by atoms with Crippen LogP contribution in [-0.4, -0.2) is 49.6 Å². The molecule has 8 nitrogen and oxygen atoms in total. The van der Waals surface area contributed by atoms with Gasteiger partial charge in [0.15, 0.2) is 0 Å². The molecule has 1 aromatic carbocycles. The molecule has 1 amide bonds. The van der Waals surface area contributed by atoms with Crippen molar-refractivity contribution in [3.8, 4) is 11.5 Å². The Morgan fingerprint density at radius 2 is 2.04 bits per heavy atom. The predicted octanol–water partition coefficient (Wildman–Crippen LogP) is 0.131. The summed E-state index contributed by atoms with van der Waals surface area (Å²) >= 11 is 0. The monoisotopic (exact) mass is 351 g/mol. The van der Waals surface area contributed by atoms with E-state index >= 15 is 0 Å². The first-order valence-electron chi connectivity index (χ1n) is 7.65. The number of carbonyl (C=O) groups excluding carboxylic acids is 1. The summed E-state index contributed by atoms with van der Waals surface area (Å²) < 4.78 is 15.8. The molecule has 1 unspecified atom stereocenters. The van der Waals surface area contributed by atoms with E-state index in [1.165, 1.54) is 14.2 Å². The Morgan fingerprint density at radius 1 is 1.32 bits per heavy atom. The average Bonchev–Trinajstić information content (AvgIpc) is 2.61. The highest BCUT2D eigenvalue weighted by molar-refractivity contribution is 5.90. The van der Waals surface area contributed by atoms with Crippen LogP contribution in [-0.2, 0) is 11.2 Å². The largest absolute Gasteiger partial charge is 0.496 e. The second-order valence-electron chi connectivity index (χ2n) is 5.51. The fraction of sp³-hybridized carbons (Fsp3) is 0.412. The summed E-state index contributed by atoms with van der Waals surface area (Å²) in [5, 5.41) is 21.1. The topological polar surface area (TPSA) is 118 Å². The first-order valence-corrected chi connectivity index (χ1v) is 7.65. The van der Waals surface area contributed by atoms with Crippen LogP contribution < -0.4 is 20.4 Å². The molecule has 0 bridgehead atoms. The van der Waals surface area contributed by atoms with Crippen LogP contribution in [0, 0.1) is 6.92 Å². The molecule has 2 rings (SSSR count). The Morgan fingerprint density at radius 3 is 2.64 bits per heavy atom. The fourth-order valence-electron chi connectivity index (χ4n) is 2.48. The third-order valence-electron chi connectivity index (χ3n) is 3.85. The van der Waals surface area contributed by atoms with E-state index in [-0.39, 0.29) is 18.5 Å². The summed E-state index contributed by atoms with van der Waals surface area (Å²) in [5.41, 5.74) is 0.451. The molecule has 0 aliphatic rings. The minimum absolute atomic E-state index is 0.103. The highest BCUT2D eigenvalue weighted by atomic mass is 16.5. The van der Waals surface area contributed by atoms with E-state index in [1.54, 1.807) is 19.1 Å². The Hall–Kier alpha value is -2.58. The number of ether oxygens (including phenoxy) is 2. The second kappa shape index (κ2) is 8.00. The Kier molecular flexibility index (Phi) is 6.00. The number of hydrogen-bond acceptors (Lipinski definition) is 7. The summed E-state index contributed by atoms with van der Waals surface area (Å²) in [6.45, 7) is 1.14. The maximum absolute atomic E-state index is 12.3. The number of benzene rings is 1. The number of nitrogens with one attached hydrogen (secondary N) is 1. The fourth-order valence-corrected chi connectivity index (χ4v) is 2.48. The zero-order chi connectivity index (χ0) is 18.6. The molecule has 0 radical (unpaired) electrons. The van der Waals surface area contributed by atoms with Crippen molar-refractivity contribution in [1.29, 1.82) is 0 Å². The Balaban J connectivity index is 2.41. The molecule has 25 heavy (non-hydrogen) atoms. The number of amides is 1. The van der Waals surface area contributed by atoms with Gasteiger partial charge in [0.05, 0.1) is 44.3 Å². The van der Waals surface area contributed by atoms with Gasteiger partial charge in [0, 0.05) is 18.7 Å². The first kappa shape index (κ1) is 18.8. The molecule has 0 fully saturated rings. The molecule has 2 aromatic rings. The van der Waals surface area contributed by atoms with Crippen LogP contribution in [0.15, 0.2) is 21.3 Å². The number of aliphatic hydroxyl groups excluding tert-OH is 2. The molecule has 0 saturated carbocycles. The maximum atomic E-state index is 12.3. The summed E-state index contributed by atoms with van der Waals surface area (Å²) in [5.74, 6) is 0.484. The number of carbonyl (C=O) groups is 1. The van der Waals surface area contributed by atoms with Crippen LogP contribution in [0.5, 0.6) is 11.5 Å². The van der Waals surface area contributed by atoms with Gasteiger partial charge in [-0.3, -0.25) is 4.79 Å². The van der Waals surface area contributed by atoms with Gasteiger partial charge in [-0.1, -0.05) is 0 Å². The van der Waals surface area contributed by atoms with E-state index in [0.29, 0.717) is 28.0 Å². The van der Waals surface area contributed by atoms with Crippen molar-refractivity contribution in [2.75, 3.05) is 27.4 Å². The molecule has 8 heteroatoms. The van der Waals surface area contributed by atoms with Gasteiger partial charge < -0.3 is 29.4 Å². The second-order valence-corrected chi connectivity index (χ2v) is 5.51. The first-order chi connectivity index (χ1) is 11.9. The summed E-state index contributed by atoms with van der Waals surface area (Å²) in [7, 11) is 2.98. The van der Waals surface area contributed by atoms with E-state index in [1.807, 2.05) is 0 Å². The van der Waals surface area contributed by atoms with Gasteiger partial charge in [0.1, 0.15) is 17.1 Å². The average molecular weight is 351 g/mol. The van der Waals surface area contributed by atoms with Gasteiger partial charge in [0.2, 0.25) is 5.91 Å². The smallest absolute Gasteiger partial charge is 0.340 e. The lowest BCUT2D eigenvalue weighted by molar-refractivity contribution is -0.121. The lowest BCUT2D eigenvalue weighted by Crippen LogP contribution is -2.35. The van der Waals surface area contributed by atoms with Gasteiger partial charge in [-0.05, 0) is 12.5 Å². The minimum atomic E-state index is -1.05. The molecule has 0 saturated heterocycles. The van der Waals surface area contributed by atoms with Crippen LogP contribution in [0.4, 0.5) is 0 Å². The minimum Gasteiger partial charge on any atom is -0.496 e. The number of aryl methyl sites for hydroxylation is 1. The quantitative estimate of drug-likeness (QED) is 0.607. The van der Waals surface area contributed by atoms with Crippen LogP contribution in [0.2, 0.25) is 0 Å². The van der Waals surface area contributed by atoms with Crippen molar-refractivity contribution >= 4 is 16.9 Å². The van der Waals surface area contributed by atoms with Crippen molar-refractivity contribution in [3.05, 3.63) is 33.7 Å². The van der Waals surface area contributed by atoms with E-state index in [9.17, 15) is 14.7 Å². The lowest BCUT2D eigenvalue weighted by atomic mass is 10.0. The summed E-state index contributed by atoms with van der Waals surface area (Å²) in [6.07, 6.45) is -1.26. The molecule has 136 valence electrons. The predicted molar refractivity (Wildman–Crippen MR) is 90.1 cm³/mol. The normalized spacial score (nSPS) is 12.0. The molecule has 3 N–H and O–H groups in total. The standard InChI is InChI=1S/C17H21NO7/c1-9-12(6-15(21)18-7-10(20)8-19)17(22)25-14-5-11(23-2)4-13(24-3)16(9)14/h4-5,10,19-20H,6-8H2,1-3H3,(H,18,21). The van der Waals surface area contributed by atoms with Crippen molar-refractivity contribution in [3.63, 3.8) is 0 Å². The number of aliphatic hydroxyl groups is 2. The van der Waals surface area contributed by atoms with E-state index in [4.69, 9.17) is 19.0 Å².